The number of likely N-dealkylation sites (tertiary alicyclic amines) is 1. The molecule has 2 heterocycles. The Morgan fingerprint density at radius 1 is 1.07 bits per heavy atom. The second-order valence-corrected chi connectivity index (χ2v) is 7.57. The lowest BCUT2D eigenvalue weighted by molar-refractivity contribution is -0.126. The van der Waals surface area contributed by atoms with Crippen molar-refractivity contribution in [3.8, 4) is 0 Å². The quantitative estimate of drug-likeness (QED) is 0.866. The van der Waals surface area contributed by atoms with Crippen LogP contribution in [0.4, 0.5) is 10.1 Å². The molecule has 2 aromatic rings. The van der Waals surface area contributed by atoms with Crippen molar-refractivity contribution in [2.24, 2.45) is 5.92 Å². The Morgan fingerprint density at radius 2 is 1.82 bits per heavy atom. The predicted octanol–water partition coefficient (Wildman–Crippen LogP) is 2.57. The Labute approximate surface area is 164 Å². The first kappa shape index (κ1) is 18.6. The van der Waals surface area contributed by atoms with Gasteiger partial charge < -0.3 is 10.2 Å². The lowest BCUT2D eigenvalue weighted by Gasteiger charge is -2.19. The van der Waals surface area contributed by atoms with Crippen molar-refractivity contribution in [3.05, 3.63) is 66.0 Å². The van der Waals surface area contributed by atoms with Crippen molar-refractivity contribution in [2.75, 3.05) is 24.5 Å². The van der Waals surface area contributed by atoms with Crippen LogP contribution < -0.4 is 10.2 Å². The molecule has 2 aliphatic rings. The van der Waals surface area contributed by atoms with Crippen molar-refractivity contribution >= 4 is 17.5 Å². The molecule has 2 amide bonds. The van der Waals surface area contributed by atoms with E-state index in [0.717, 1.165) is 26.1 Å². The fraction of sp³-hybridized carbons (Fsp3) is 0.364. The van der Waals surface area contributed by atoms with Crippen LogP contribution in [-0.4, -0.2) is 42.4 Å². The fourth-order valence-electron chi connectivity index (χ4n) is 4.04. The van der Waals surface area contributed by atoms with Gasteiger partial charge in [-0.1, -0.05) is 42.5 Å². The van der Waals surface area contributed by atoms with Crippen molar-refractivity contribution in [1.82, 2.24) is 10.2 Å². The first-order valence-electron chi connectivity index (χ1n) is 9.71. The standard InChI is InChI=1S/C22H24FN3O2/c23-19-8-4-5-9-20(19)26-14-17(12-21(26)27)22(28)24-18-10-11-25(15-18)13-16-6-2-1-3-7-16/h1-9,17-18H,10-15H2,(H,24,28). The van der Waals surface area contributed by atoms with Crippen LogP contribution >= 0.6 is 0 Å². The Hall–Kier alpha value is -2.73. The first-order chi connectivity index (χ1) is 13.6. The molecule has 0 spiro atoms. The SMILES string of the molecule is O=C(NC1CCN(Cc2ccccc2)C1)C1CC(=O)N(c2ccccc2F)C1. The maximum absolute atomic E-state index is 14.0. The normalized spacial score (nSPS) is 22.6. The van der Waals surface area contributed by atoms with Gasteiger partial charge in [0.25, 0.3) is 0 Å². The van der Waals surface area contributed by atoms with Crippen molar-refractivity contribution < 1.29 is 14.0 Å². The Bertz CT molecular complexity index is 858. The van der Waals surface area contributed by atoms with Gasteiger partial charge in [0.1, 0.15) is 5.82 Å². The van der Waals surface area contributed by atoms with Crippen LogP contribution in [0.15, 0.2) is 54.6 Å². The Morgan fingerprint density at radius 3 is 2.61 bits per heavy atom. The van der Waals surface area contributed by atoms with Crippen LogP contribution in [0, 0.1) is 11.7 Å². The van der Waals surface area contributed by atoms with Crippen LogP contribution in [0.5, 0.6) is 0 Å². The Balaban J connectivity index is 1.31. The van der Waals surface area contributed by atoms with E-state index in [-0.39, 0.29) is 36.5 Å². The highest BCUT2D eigenvalue weighted by molar-refractivity contribution is 6.00. The average molecular weight is 381 g/mol. The molecule has 146 valence electrons. The van der Waals surface area contributed by atoms with Gasteiger partial charge in [-0.3, -0.25) is 14.5 Å². The predicted molar refractivity (Wildman–Crippen MR) is 105 cm³/mol. The van der Waals surface area contributed by atoms with Gasteiger partial charge in [0, 0.05) is 38.6 Å². The summed E-state index contributed by atoms with van der Waals surface area (Å²) in [5, 5.41) is 3.09. The summed E-state index contributed by atoms with van der Waals surface area (Å²) in [4.78, 5) is 28.7. The summed E-state index contributed by atoms with van der Waals surface area (Å²) in [6, 6.07) is 16.6. The second kappa shape index (κ2) is 8.10. The largest absolute Gasteiger partial charge is 0.352 e. The average Bonchev–Trinajstić information content (AvgIpc) is 3.29. The number of anilines is 1. The lowest BCUT2D eigenvalue weighted by Crippen LogP contribution is -2.41. The Kier molecular flexibility index (Phi) is 5.39. The first-order valence-corrected chi connectivity index (χ1v) is 9.71. The smallest absolute Gasteiger partial charge is 0.227 e. The van der Waals surface area contributed by atoms with Gasteiger partial charge in [0.15, 0.2) is 0 Å². The van der Waals surface area contributed by atoms with Crippen LogP contribution in [0.3, 0.4) is 0 Å². The summed E-state index contributed by atoms with van der Waals surface area (Å²) in [5.74, 6) is -1.19. The van der Waals surface area contributed by atoms with E-state index in [1.54, 1.807) is 18.2 Å². The van der Waals surface area contributed by atoms with Gasteiger partial charge in [-0.05, 0) is 24.1 Å². The molecule has 6 heteroatoms. The zero-order chi connectivity index (χ0) is 19.5. The van der Waals surface area contributed by atoms with Crippen LogP contribution in [-0.2, 0) is 16.1 Å². The molecule has 1 N–H and O–H groups in total. The third-order valence-corrected chi connectivity index (χ3v) is 5.51. The number of carbonyl (C=O) groups is 2. The van der Waals surface area contributed by atoms with Gasteiger partial charge in [-0.25, -0.2) is 4.39 Å². The van der Waals surface area contributed by atoms with E-state index >= 15 is 0 Å². The number of carbonyl (C=O) groups excluding carboxylic acids is 2. The number of halogens is 1. The fourth-order valence-corrected chi connectivity index (χ4v) is 4.04. The molecule has 0 saturated carbocycles. The molecule has 2 saturated heterocycles. The number of para-hydroxylation sites is 1. The van der Waals surface area contributed by atoms with E-state index < -0.39 is 11.7 Å². The molecule has 2 atom stereocenters. The van der Waals surface area contributed by atoms with Crippen LogP contribution in [0.25, 0.3) is 0 Å². The highest BCUT2D eigenvalue weighted by Crippen LogP contribution is 2.27. The maximum atomic E-state index is 14.0. The topological polar surface area (TPSA) is 52.7 Å². The number of rotatable bonds is 5. The molecular weight excluding hydrogens is 357 g/mol. The van der Waals surface area contributed by atoms with E-state index in [2.05, 4.69) is 22.3 Å². The van der Waals surface area contributed by atoms with Crippen molar-refractivity contribution in [1.29, 1.82) is 0 Å². The van der Waals surface area contributed by atoms with Gasteiger partial charge in [0.05, 0.1) is 11.6 Å². The maximum Gasteiger partial charge on any atom is 0.227 e. The van der Waals surface area contributed by atoms with Gasteiger partial charge >= 0.3 is 0 Å². The monoisotopic (exact) mass is 381 g/mol. The van der Waals surface area contributed by atoms with Crippen molar-refractivity contribution in [2.45, 2.75) is 25.4 Å². The van der Waals surface area contributed by atoms with E-state index in [4.69, 9.17) is 0 Å². The number of amides is 2. The molecule has 4 rings (SSSR count). The molecule has 2 fully saturated rings. The van der Waals surface area contributed by atoms with Crippen LogP contribution in [0.2, 0.25) is 0 Å². The molecule has 28 heavy (non-hydrogen) atoms. The number of benzene rings is 2. The summed E-state index contributed by atoms with van der Waals surface area (Å²) >= 11 is 0. The van der Waals surface area contributed by atoms with E-state index in [1.165, 1.54) is 16.5 Å². The summed E-state index contributed by atoms with van der Waals surface area (Å²) in [7, 11) is 0. The number of hydrogen-bond donors (Lipinski definition) is 1. The van der Waals surface area contributed by atoms with E-state index in [0.29, 0.717) is 0 Å². The summed E-state index contributed by atoms with van der Waals surface area (Å²) in [6.45, 7) is 2.84. The van der Waals surface area contributed by atoms with E-state index in [1.807, 2.05) is 18.2 Å². The third kappa shape index (κ3) is 4.07. The molecule has 2 unspecified atom stereocenters. The minimum atomic E-state index is -0.441. The number of hydrogen-bond acceptors (Lipinski definition) is 3. The van der Waals surface area contributed by atoms with Crippen LogP contribution in [0.1, 0.15) is 18.4 Å². The molecule has 0 aromatic heterocycles. The van der Waals surface area contributed by atoms with Crippen molar-refractivity contribution in [3.63, 3.8) is 0 Å². The number of nitrogens with zero attached hydrogens (tertiary/aromatic N) is 2. The molecule has 0 radical (unpaired) electrons. The third-order valence-electron chi connectivity index (χ3n) is 5.51. The molecule has 5 nitrogen and oxygen atoms in total. The minimum absolute atomic E-state index is 0.0915. The molecule has 0 aliphatic carbocycles. The molecular formula is C22H24FN3O2. The number of nitrogens with one attached hydrogen (secondary N) is 1. The minimum Gasteiger partial charge on any atom is -0.352 e. The molecule has 2 aliphatic heterocycles. The molecule has 0 bridgehead atoms. The summed E-state index contributed by atoms with van der Waals surface area (Å²) in [5.41, 5.74) is 1.51. The summed E-state index contributed by atoms with van der Waals surface area (Å²) < 4.78 is 14.0. The highest BCUT2D eigenvalue weighted by atomic mass is 19.1. The lowest BCUT2D eigenvalue weighted by atomic mass is 10.1. The molecule has 2 aromatic carbocycles. The second-order valence-electron chi connectivity index (χ2n) is 7.57. The summed E-state index contributed by atoms with van der Waals surface area (Å²) in [6.07, 6.45) is 1.02. The zero-order valence-corrected chi connectivity index (χ0v) is 15.7. The van der Waals surface area contributed by atoms with Gasteiger partial charge in [0.2, 0.25) is 11.8 Å². The highest BCUT2D eigenvalue weighted by Gasteiger charge is 2.37. The zero-order valence-electron chi connectivity index (χ0n) is 15.7. The van der Waals surface area contributed by atoms with Gasteiger partial charge in [-0.2, -0.15) is 0 Å². The van der Waals surface area contributed by atoms with Gasteiger partial charge in [-0.15, -0.1) is 0 Å². The van der Waals surface area contributed by atoms with E-state index in [9.17, 15) is 14.0 Å².